The zero-order valence-electron chi connectivity index (χ0n) is 13.4. The molecule has 0 atom stereocenters. The van der Waals surface area contributed by atoms with E-state index in [2.05, 4.69) is 0 Å². The molecule has 2 aliphatic carbocycles. The van der Waals surface area contributed by atoms with Gasteiger partial charge in [-0.05, 0) is 62.0 Å². The van der Waals surface area contributed by atoms with Crippen LogP contribution in [0.4, 0.5) is 8.78 Å². The van der Waals surface area contributed by atoms with Crippen LogP contribution in [0.15, 0.2) is 12.1 Å². The number of hydrogen-bond acceptors (Lipinski definition) is 1. The van der Waals surface area contributed by atoms with Gasteiger partial charge in [0.25, 0.3) is 0 Å². The minimum Gasteiger partial charge on any atom is -0.490 e. The minimum atomic E-state index is -0.848. The van der Waals surface area contributed by atoms with E-state index < -0.39 is 11.6 Å². The summed E-state index contributed by atoms with van der Waals surface area (Å²) in [4.78, 5) is 0. The lowest BCUT2D eigenvalue weighted by molar-refractivity contribution is 0.151. The highest BCUT2D eigenvalue weighted by Gasteiger charge is 2.29. The summed E-state index contributed by atoms with van der Waals surface area (Å²) in [6.45, 7) is 2.07. The van der Waals surface area contributed by atoms with E-state index in [1.54, 1.807) is 13.0 Å². The van der Waals surface area contributed by atoms with E-state index in [-0.39, 0.29) is 5.75 Å². The number of hydrogen-bond donors (Lipinski definition) is 0. The molecule has 0 aromatic heterocycles. The van der Waals surface area contributed by atoms with Crippen molar-refractivity contribution in [3.05, 3.63) is 29.3 Å². The quantitative estimate of drug-likeness (QED) is 0.698. The summed E-state index contributed by atoms with van der Waals surface area (Å²) < 4.78 is 32.9. The van der Waals surface area contributed by atoms with Gasteiger partial charge in [-0.25, -0.2) is 4.39 Å². The molecule has 0 N–H and O–H groups in total. The first-order valence-electron chi connectivity index (χ1n) is 8.72. The summed E-state index contributed by atoms with van der Waals surface area (Å²) in [6, 6.07) is 3.11. The van der Waals surface area contributed by atoms with E-state index >= 15 is 0 Å². The highest BCUT2D eigenvalue weighted by molar-refractivity contribution is 5.30. The summed E-state index contributed by atoms with van der Waals surface area (Å²) in [5.41, 5.74) is 0.321. The maximum atomic E-state index is 13.8. The van der Waals surface area contributed by atoms with Gasteiger partial charge in [0.1, 0.15) is 0 Å². The molecule has 0 spiro atoms. The molecule has 0 heterocycles. The summed E-state index contributed by atoms with van der Waals surface area (Å²) in [5.74, 6) is 0.752. The largest absolute Gasteiger partial charge is 0.490 e. The summed E-state index contributed by atoms with van der Waals surface area (Å²) in [6.07, 6.45) is 10.5. The third-order valence-electron chi connectivity index (χ3n) is 5.67. The molecule has 3 rings (SSSR count). The van der Waals surface area contributed by atoms with Gasteiger partial charge in [-0.15, -0.1) is 0 Å². The smallest absolute Gasteiger partial charge is 0.200 e. The molecule has 2 saturated carbocycles. The van der Waals surface area contributed by atoms with Crippen molar-refractivity contribution in [2.75, 3.05) is 6.61 Å². The molecule has 2 fully saturated rings. The van der Waals surface area contributed by atoms with E-state index in [1.165, 1.54) is 44.6 Å². The maximum Gasteiger partial charge on any atom is 0.200 e. The van der Waals surface area contributed by atoms with E-state index in [0.717, 1.165) is 24.7 Å². The molecule has 2 aliphatic rings. The SMILES string of the molecule is Cc1ccc(OCC2CCC(C3CCCC3)CC2)c(F)c1F. The summed E-state index contributed by atoms with van der Waals surface area (Å²) in [5, 5.41) is 0. The molecule has 1 nitrogen and oxygen atoms in total. The van der Waals surface area contributed by atoms with Crippen LogP contribution in [0.2, 0.25) is 0 Å². The second kappa shape index (κ2) is 6.97. The Hall–Kier alpha value is -1.12. The molecule has 0 aliphatic heterocycles. The number of halogens is 2. The number of ether oxygens (including phenoxy) is 1. The van der Waals surface area contributed by atoms with Crippen molar-refractivity contribution in [1.82, 2.24) is 0 Å². The van der Waals surface area contributed by atoms with Crippen molar-refractivity contribution in [1.29, 1.82) is 0 Å². The standard InChI is InChI=1S/C19H26F2O/c1-13-6-11-17(19(21)18(13)20)22-12-14-7-9-16(10-8-14)15-4-2-3-5-15/h6,11,14-16H,2-5,7-10,12H2,1H3. The zero-order valence-corrected chi connectivity index (χ0v) is 13.4. The average Bonchev–Trinajstić information content (AvgIpc) is 3.07. The lowest BCUT2D eigenvalue weighted by Crippen LogP contribution is -2.23. The van der Waals surface area contributed by atoms with Gasteiger partial charge in [0.2, 0.25) is 5.82 Å². The van der Waals surface area contributed by atoms with E-state index in [1.807, 2.05) is 0 Å². The van der Waals surface area contributed by atoms with Crippen LogP contribution in [0.3, 0.4) is 0 Å². The van der Waals surface area contributed by atoms with E-state index in [0.29, 0.717) is 18.1 Å². The number of rotatable bonds is 4. The van der Waals surface area contributed by atoms with Crippen molar-refractivity contribution < 1.29 is 13.5 Å². The van der Waals surface area contributed by atoms with Crippen LogP contribution >= 0.6 is 0 Å². The highest BCUT2D eigenvalue weighted by Crippen LogP contribution is 2.41. The second-order valence-electron chi connectivity index (χ2n) is 7.14. The van der Waals surface area contributed by atoms with E-state index in [4.69, 9.17) is 4.74 Å². The topological polar surface area (TPSA) is 9.23 Å². The van der Waals surface area contributed by atoms with Crippen LogP contribution < -0.4 is 4.74 Å². The molecular formula is C19H26F2O. The Bertz CT molecular complexity index is 500. The van der Waals surface area contributed by atoms with Crippen molar-refractivity contribution in [3.8, 4) is 5.75 Å². The number of benzene rings is 1. The second-order valence-corrected chi connectivity index (χ2v) is 7.14. The predicted molar refractivity (Wildman–Crippen MR) is 84.0 cm³/mol. The van der Waals surface area contributed by atoms with Crippen LogP contribution in [-0.4, -0.2) is 6.61 Å². The molecule has 1 aromatic carbocycles. The van der Waals surface area contributed by atoms with Crippen molar-refractivity contribution in [3.63, 3.8) is 0 Å². The zero-order chi connectivity index (χ0) is 15.5. The predicted octanol–water partition coefficient (Wildman–Crippen LogP) is 5.65. The van der Waals surface area contributed by atoms with Gasteiger partial charge in [0.15, 0.2) is 11.6 Å². The van der Waals surface area contributed by atoms with Crippen molar-refractivity contribution >= 4 is 0 Å². The van der Waals surface area contributed by atoms with Crippen LogP contribution in [0.5, 0.6) is 5.75 Å². The highest BCUT2D eigenvalue weighted by atomic mass is 19.2. The van der Waals surface area contributed by atoms with Gasteiger partial charge in [0.05, 0.1) is 6.61 Å². The Morgan fingerprint density at radius 3 is 2.23 bits per heavy atom. The normalized spacial score (nSPS) is 26.3. The average molecular weight is 308 g/mol. The van der Waals surface area contributed by atoms with Gasteiger partial charge >= 0.3 is 0 Å². The Kier molecular flexibility index (Phi) is 5.00. The molecule has 0 unspecified atom stereocenters. The van der Waals surface area contributed by atoms with Crippen molar-refractivity contribution in [2.24, 2.45) is 17.8 Å². The van der Waals surface area contributed by atoms with Gasteiger partial charge in [-0.2, -0.15) is 4.39 Å². The van der Waals surface area contributed by atoms with Gasteiger partial charge < -0.3 is 4.74 Å². The summed E-state index contributed by atoms with van der Waals surface area (Å²) in [7, 11) is 0. The lowest BCUT2D eigenvalue weighted by atomic mass is 9.75. The molecule has 0 amide bonds. The molecule has 0 saturated heterocycles. The fourth-order valence-corrected chi connectivity index (χ4v) is 4.20. The molecule has 0 radical (unpaired) electrons. The Balaban J connectivity index is 1.48. The first-order chi connectivity index (χ1) is 10.6. The Morgan fingerprint density at radius 2 is 1.55 bits per heavy atom. The lowest BCUT2D eigenvalue weighted by Gasteiger charge is -2.32. The molecule has 122 valence electrons. The van der Waals surface area contributed by atoms with Crippen LogP contribution in [0, 0.1) is 36.3 Å². The van der Waals surface area contributed by atoms with Crippen LogP contribution in [-0.2, 0) is 0 Å². The van der Waals surface area contributed by atoms with Crippen LogP contribution in [0.1, 0.15) is 56.9 Å². The molecule has 1 aromatic rings. The Labute approximate surface area is 132 Å². The van der Waals surface area contributed by atoms with E-state index in [9.17, 15) is 8.78 Å². The maximum absolute atomic E-state index is 13.8. The fourth-order valence-electron chi connectivity index (χ4n) is 4.20. The van der Waals surface area contributed by atoms with Gasteiger partial charge in [0, 0.05) is 0 Å². The molecule has 22 heavy (non-hydrogen) atoms. The summed E-state index contributed by atoms with van der Waals surface area (Å²) >= 11 is 0. The third-order valence-corrected chi connectivity index (χ3v) is 5.67. The van der Waals surface area contributed by atoms with Crippen molar-refractivity contribution in [2.45, 2.75) is 58.3 Å². The monoisotopic (exact) mass is 308 g/mol. The first-order valence-corrected chi connectivity index (χ1v) is 8.72. The fraction of sp³-hybridized carbons (Fsp3) is 0.684. The number of aryl methyl sites for hydroxylation is 1. The first kappa shape index (κ1) is 15.8. The van der Waals surface area contributed by atoms with Gasteiger partial charge in [-0.3, -0.25) is 0 Å². The third kappa shape index (κ3) is 3.44. The molecule has 0 bridgehead atoms. The molecular weight excluding hydrogens is 282 g/mol. The van der Waals surface area contributed by atoms with Crippen LogP contribution in [0.25, 0.3) is 0 Å². The van der Waals surface area contributed by atoms with Gasteiger partial charge in [-0.1, -0.05) is 31.7 Å². The Morgan fingerprint density at radius 1 is 0.909 bits per heavy atom. The molecule has 3 heteroatoms. The minimum absolute atomic E-state index is 0.0565.